The highest BCUT2D eigenvalue weighted by atomic mass is 16.6. The molecular weight excluding hydrogens is 618 g/mol. The lowest BCUT2D eigenvalue weighted by molar-refractivity contribution is -0.160. The number of carbonyl (C=O) groups is 1. The van der Waals surface area contributed by atoms with Crippen LogP contribution in [-0.4, -0.2) is 65.9 Å². The number of benzene rings is 3. The van der Waals surface area contributed by atoms with E-state index in [4.69, 9.17) is 28.7 Å². The molecule has 0 N–H and O–H groups in total. The highest BCUT2D eigenvalue weighted by molar-refractivity contribution is 5.81. The lowest BCUT2D eigenvalue weighted by Crippen LogP contribution is -2.40. The van der Waals surface area contributed by atoms with Gasteiger partial charge in [-0.2, -0.15) is 0 Å². The van der Waals surface area contributed by atoms with Gasteiger partial charge in [0.25, 0.3) is 0 Å². The molecule has 0 unspecified atom stereocenters. The van der Waals surface area contributed by atoms with Gasteiger partial charge >= 0.3 is 5.97 Å². The van der Waals surface area contributed by atoms with Gasteiger partial charge in [-0.05, 0) is 111 Å². The standard InChI is InChI=1S/C40H43N3O6/c1-25-29(26-12-13-34-37(19-26)48-18-17-47-34)9-7-10-30(25)27-14-16-43-33(23-41-38(43)22-27)28-20-35(45-5)31(36(21-28)46-6)24-42-15-8-11-32(42)39(44)49-40(2,3)4/h7,9-10,12-14,16,19-23,32H,8,11,15,17-18,24H2,1-6H3/t32-/m0/s1. The van der Waals surface area contributed by atoms with Gasteiger partial charge in [-0.15, -0.1) is 0 Å². The van der Waals surface area contributed by atoms with Crippen LogP contribution in [0.3, 0.4) is 0 Å². The maximum atomic E-state index is 13.0. The molecule has 0 saturated carbocycles. The molecule has 4 heterocycles. The molecule has 0 bridgehead atoms. The molecular formula is C40H43N3O6. The van der Waals surface area contributed by atoms with Crippen molar-refractivity contribution < 1.29 is 28.5 Å². The van der Waals surface area contributed by atoms with Crippen LogP contribution in [0.4, 0.5) is 0 Å². The predicted molar refractivity (Wildman–Crippen MR) is 190 cm³/mol. The molecule has 2 aliphatic rings. The summed E-state index contributed by atoms with van der Waals surface area (Å²) < 4.78 is 31.2. The number of aromatic nitrogens is 2. The van der Waals surface area contributed by atoms with E-state index in [-0.39, 0.29) is 12.0 Å². The minimum Gasteiger partial charge on any atom is -0.496 e. The van der Waals surface area contributed by atoms with Gasteiger partial charge in [0.1, 0.15) is 42.0 Å². The van der Waals surface area contributed by atoms with Crippen molar-refractivity contribution in [2.45, 2.75) is 58.7 Å². The van der Waals surface area contributed by atoms with E-state index < -0.39 is 5.60 Å². The zero-order valence-electron chi connectivity index (χ0n) is 29.0. The lowest BCUT2D eigenvalue weighted by atomic mass is 9.93. The molecule has 254 valence electrons. The highest BCUT2D eigenvalue weighted by Gasteiger charge is 2.35. The number of ether oxygens (including phenoxy) is 5. The summed E-state index contributed by atoms with van der Waals surface area (Å²) in [5.41, 5.74) is 8.65. The van der Waals surface area contributed by atoms with Crippen LogP contribution in [0, 0.1) is 6.92 Å². The summed E-state index contributed by atoms with van der Waals surface area (Å²) >= 11 is 0. The van der Waals surface area contributed by atoms with E-state index in [1.165, 1.54) is 5.56 Å². The Bertz CT molecular complexity index is 2000. The number of rotatable bonds is 8. The first-order valence-corrected chi connectivity index (χ1v) is 16.8. The van der Waals surface area contributed by atoms with Crippen molar-refractivity contribution in [1.82, 2.24) is 14.3 Å². The number of carbonyl (C=O) groups excluding carboxylic acids is 1. The molecule has 49 heavy (non-hydrogen) atoms. The molecule has 9 nitrogen and oxygen atoms in total. The fraction of sp³-hybridized carbons (Fsp3) is 0.350. The zero-order valence-corrected chi connectivity index (χ0v) is 29.0. The Morgan fingerprint density at radius 1 is 0.898 bits per heavy atom. The number of fused-ring (bicyclic) bond motifs is 2. The van der Waals surface area contributed by atoms with E-state index in [0.717, 1.165) is 75.6 Å². The Morgan fingerprint density at radius 2 is 1.59 bits per heavy atom. The van der Waals surface area contributed by atoms with E-state index in [1.54, 1.807) is 14.2 Å². The second-order valence-corrected chi connectivity index (χ2v) is 13.6. The zero-order chi connectivity index (χ0) is 34.3. The van der Waals surface area contributed by atoms with Crippen molar-refractivity contribution in [2.75, 3.05) is 34.0 Å². The predicted octanol–water partition coefficient (Wildman–Crippen LogP) is 7.74. The van der Waals surface area contributed by atoms with Crippen molar-refractivity contribution >= 4 is 11.6 Å². The smallest absolute Gasteiger partial charge is 0.323 e. The first kappa shape index (κ1) is 32.5. The number of hydrogen-bond acceptors (Lipinski definition) is 8. The Labute approximate surface area is 287 Å². The Morgan fingerprint density at radius 3 is 2.29 bits per heavy atom. The number of nitrogens with zero attached hydrogens (tertiary/aromatic N) is 3. The van der Waals surface area contributed by atoms with Gasteiger partial charge in [0.05, 0.1) is 31.7 Å². The summed E-state index contributed by atoms with van der Waals surface area (Å²) in [6.07, 6.45) is 5.64. The van der Waals surface area contributed by atoms with E-state index in [0.29, 0.717) is 31.3 Å². The molecule has 2 aromatic heterocycles. The van der Waals surface area contributed by atoms with Crippen LogP contribution < -0.4 is 18.9 Å². The minimum absolute atomic E-state index is 0.185. The normalized spacial score (nSPS) is 16.2. The molecule has 7 rings (SSSR count). The van der Waals surface area contributed by atoms with Gasteiger partial charge in [0.2, 0.25) is 0 Å². The minimum atomic E-state index is -0.534. The lowest BCUT2D eigenvalue weighted by Gasteiger charge is -2.28. The Hall–Kier alpha value is -5.02. The fourth-order valence-corrected chi connectivity index (χ4v) is 6.98. The van der Waals surface area contributed by atoms with Crippen LogP contribution in [0.5, 0.6) is 23.0 Å². The van der Waals surface area contributed by atoms with Gasteiger partial charge in [0, 0.05) is 18.3 Å². The quantitative estimate of drug-likeness (QED) is 0.156. The van der Waals surface area contributed by atoms with Gasteiger partial charge < -0.3 is 23.7 Å². The highest BCUT2D eigenvalue weighted by Crippen LogP contribution is 2.40. The summed E-state index contributed by atoms with van der Waals surface area (Å²) in [7, 11) is 3.33. The first-order valence-electron chi connectivity index (χ1n) is 16.8. The Balaban J connectivity index is 1.18. The second kappa shape index (κ2) is 13.1. The molecule has 0 spiro atoms. The van der Waals surface area contributed by atoms with Crippen molar-refractivity contribution in [3.05, 3.63) is 84.2 Å². The third-order valence-corrected chi connectivity index (χ3v) is 9.32. The molecule has 5 aromatic rings. The summed E-state index contributed by atoms with van der Waals surface area (Å²) in [5, 5.41) is 0. The van der Waals surface area contributed by atoms with Crippen molar-refractivity contribution in [3.63, 3.8) is 0 Å². The van der Waals surface area contributed by atoms with Gasteiger partial charge in [0.15, 0.2) is 11.5 Å². The number of imidazole rings is 1. The van der Waals surface area contributed by atoms with E-state index in [1.807, 2.05) is 45.2 Å². The SMILES string of the molecule is COc1cc(-c2cnc3cc(-c4cccc(-c5ccc6c(c5)OCCO6)c4C)ccn23)cc(OC)c1CN1CCC[C@H]1C(=O)OC(C)(C)C. The van der Waals surface area contributed by atoms with Crippen LogP contribution in [0.2, 0.25) is 0 Å². The largest absolute Gasteiger partial charge is 0.496 e. The van der Waals surface area contributed by atoms with Gasteiger partial charge in [-0.3, -0.25) is 14.1 Å². The molecule has 0 amide bonds. The maximum absolute atomic E-state index is 13.0. The molecule has 0 aliphatic carbocycles. The molecule has 0 radical (unpaired) electrons. The third-order valence-electron chi connectivity index (χ3n) is 9.32. The average Bonchev–Trinajstić information content (AvgIpc) is 3.74. The number of methoxy groups -OCH3 is 2. The monoisotopic (exact) mass is 661 g/mol. The number of pyridine rings is 1. The topological polar surface area (TPSA) is 83.8 Å². The van der Waals surface area contributed by atoms with Crippen molar-refractivity contribution in [3.8, 4) is 56.5 Å². The van der Waals surface area contributed by atoms with Gasteiger partial charge in [-0.25, -0.2) is 4.98 Å². The molecule has 2 aliphatic heterocycles. The summed E-state index contributed by atoms with van der Waals surface area (Å²) in [4.78, 5) is 20.0. The van der Waals surface area contributed by atoms with Crippen LogP contribution in [0.25, 0.3) is 39.2 Å². The van der Waals surface area contributed by atoms with E-state index in [9.17, 15) is 4.79 Å². The van der Waals surface area contributed by atoms with Crippen LogP contribution in [0.1, 0.15) is 44.7 Å². The van der Waals surface area contributed by atoms with E-state index in [2.05, 4.69) is 64.9 Å². The maximum Gasteiger partial charge on any atom is 0.323 e. The Kier molecular flexibility index (Phi) is 8.71. The van der Waals surface area contributed by atoms with Crippen LogP contribution >= 0.6 is 0 Å². The molecule has 1 saturated heterocycles. The molecule has 3 aromatic carbocycles. The van der Waals surface area contributed by atoms with Crippen LogP contribution in [0.15, 0.2) is 73.1 Å². The third kappa shape index (κ3) is 6.43. The summed E-state index contributed by atoms with van der Waals surface area (Å²) in [5.74, 6) is 2.77. The number of likely N-dealkylation sites (tertiary alicyclic amines) is 1. The van der Waals surface area contributed by atoms with Crippen LogP contribution in [-0.2, 0) is 16.1 Å². The summed E-state index contributed by atoms with van der Waals surface area (Å²) in [6.45, 7) is 10.3. The summed E-state index contributed by atoms with van der Waals surface area (Å²) in [6, 6.07) is 20.5. The second-order valence-electron chi connectivity index (χ2n) is 13.6. The molecule has 1 fully saturated rings. The van der Waals surface area contributed by atoms with Crippen molar-refractivity contribution in [1.29, 1.82) is 0 Å². The average molecular weight is 662 g/mol. The number of hydrogen-bond donors (Lipinski definition) is 0. The van der Waals surface area contributed by atoms with Gasteiger partial charge in [-0.1, -0.05) is 24.3 Å². The van der Waals surface area contributed by atoms with E-state index >= 15 is 0 Å². The molecule has 9 heteroatoms. The van der Waals surface area contributed by atoms with Crippen molar-refractivity contribution in [2.24, 2.45) is 0 Å². The number of esters is 1. The molecule has 1 atom stereocenters. The first-order chi connectivity index (χ1) is 23.6. The fourth-order valence-electron chi connectivity index (χ4n) is 6.98.